The predicted molar refractivity (Wildman–Crippen MR) is 179 cm³/mol. The van der Waals surface area contributed by atoms with Crippen LogP contribution in [0.3, 0.4) is 0 Å². The monoisotopic (exact) mass is 699 g/mol. The van der Waals surface area contributed by atoms with E-state index in [9.17, 15) is 28.8 Å². The third kappa shape index (κ3) is 10.6. The number of rotatable bonds is 13. The van der Waals surface area contributed by atoms with Crippen LogP contribution in [0, 0.1) is 17.8 Å². The molecule has 2 aliphatic carbocycles. The lowest BCUT2D eigenvalue weighted by Crippen LogP contribution is -2.61. The maximum Gasteiger partial charge on any atom is 0.315 e. The van der Waals surface area contributed by atoms with E-state index in [1.54, 1.807) is 26.8 Å². The largest absolute Gasteiger partial charge is 0.460 e. The highest BCUT2D eigenvalue weighted by molar-refractivity contribution is 6.51. The van der Waals surface area contributed by atoms with E-state index in [-0.39, 0.29) is 37.8 Å². The Labute approximate surface area is 287 Å². The zero-order valence-corrected chi connectivity index (χ0v) is 29.9. The Bertz CT molecular complexity index is 1220. The van der Waals surface area contributed by atoms with Crippen LogP contribution in [0.5, 0.6) is 0 Å². The van der Waals surface area contributed by atoms with Crippen LogP contribution in [0.2, 0.25) is 0 Å². The Morgan fingerprint density at radius 2 is 1.64 bits per heavy atom. The van der Waals surface area contributed by atoms with Crippen molar-refractivity contribution in [1.29, 1.82) is 0 Å². The lowest BCUT2D eigenvalue weighted by Gasteiger charge is -2.37. The van der Waals surface area contributed by atoms with Crippen molar-refractivity contribution in [2.75, 3.05) is 13.1 Å². The Morgan fingerprint density at radius 1 is 1.00 bits per heavy atom. The summed E-state index contributed by atoms with van der Waals surface area (Å²) in [7, 11) is 0. The first-order valence-electron chi connectivity index (χ1n) is 16.5. The van der Waals surface area contributed by atoms with Crippen molar-refractivity contribution in [2.24, 2.45) is 17.8 Å². The van der Waals surface area contributed by atoms with Gasteiger partial charge in [-0.1, -0.05) is 25.3 Å². The van der Waals surface area contributed by atoms with Gasteiger partial charge >= 0.3 is 12.0 Å². The summed E-state index contributed by atoms with van der Waals surface area (Å²) in [6.45, 7) is 14.3. The summed E-state index contributed by atoms with van der Waals surface area (Å²) >= 11 is 13.1. The minimum Gasteiger partial charge on any atom is -0.460 e. The highest BCUT2D eigenvalue weighted by Crippen LogP contribution is 2.65. The lowest BCUT2D eigenvalue weighted by atomic mass is 9.83. The number of allylic oxidation sites excluding steroid dienone is 1. The zero-order valence-electron chi connectivity index (χ0n) is 28.4. The van der Waals surface area contributed by atoms with Gasteiger partial charge < -0.3 is 30.9 Å². The van der Waals surface area contributed by atoms with E-state index in [0.29, 0.717) is 6.42 Å². The molecule has 3 fully saturated rings. The molecule has 0 radical (unpaired) electrons. The van der Waals surface area contributed by atoms with Crippen molar-refractivity contribution in [3.05, 3.63) is 12.7 Å². The number of hydrogen-bond acceptors (Lipinski definition) is 7. The standard InChI is InChI=1S/C33H51Cl2N5O7/c1-8-9-15-21(26(42)28(44)36-17-16-22(41)47-32(5,6)7)37-27(43)25-23-20(33(23,34)35)18-40(25)29(45)24(19-13-11-10-12-14-19)38-30(46)39-31(2,3)4/h8,19-21,23-25H,1,9-18H2,2-7H3,(H,36,44)(H,37,43)(H2,38,39,46)/t20?,21?,23-,24-,25-/m0/s1. The first-order valence-corrected chi connectivity index (χ1v) is 17.2. The number of likely N-dealkylation sites (tertiary alicyclic amines) is 1. The van der Waals surface area contributed by atoms with Crippen LogP contribution >= 0.6 is 23.2 Å². The van der Waals surface area contributed by atoms with E-state index in [4.69, 9.17) is 27.9 Å². The number of carbonyl (C=O) groups excluding carboxylic acids is 6. The SMILES string of the molecule is C=CCCC(NC(=O)[C@@H]1[C@@H]2C(CN1C(=O)[C@@H](NC(=O)NC(C)(C)C)C1CCCCC1)C2(Cl)Cl)C(=O)C(=O)NCCC(=O)OC(C)(C)C. The molecule has 0 aromatic heterocycles. The van der Waals surface area contributed by atoms with Gasteiger partial charge in [0.15, 0.2) is 0 Å². The van der Waals surface area contributed by atoms with Gasteiger partial charge in [-0.15, -0.1) is 29.8 Å². The van der Waals surface area contributed by atoms with Gasteiger partial charge in [0.25, 0.3) is 5.91 Å². The number of nitrogens with zero attached hydrogens (tertiary/aromatic N) is 1. The van der Waals surface area contributed by atoms with Crippen LogP contribution in [0.4, 0.5) is 4.79 Å². The molecule has 12 nitrogen and oxygen atoms in total. The highest BCUT2D eigenvalue weighted by atomic mass is 35.5. The summed E-state index contributed by atoms with van der Waals surface area (Å²) in [4.78, 5) is 80.6. The third-order valence-corrected chi connectivity index (χ3v) is 9.66. The molecule has 0 bridgehead atoms. The number of urea groups is 1. The topological polar surface area (TPSA) is 163 Å². The number of ketones is 1. The van der Waals surface area contributed by atoms with E-state index < -0.39 is 75.0 Å². The Morgan fingerprint density at radius 3 is 2.21 bits per heavy atom. The van der Waals surface area contributed by atoms with Gasteiger partial charge in [0.2, 0.25) is 17.6 Å². The number of esters is 1. The van der Waals surface area contributed by atoms with E-state index in [0.717, 1.165) is 32.1 Å². The first-order chi connectivity index (χ1) is 21.8. The second-order valence-corrected chi connectivity index (χ2v) is 16.3. The summed E-state index contributed by atoms with van der Waals surface area (Å²) in [6, 6.07) is -3.71. The number of amides is 5. The lowest BCUT2D eigenvalue weighted by molar-refractivity contribution is -0.154. The molecule has 0 spiro atoms. The van der Waals surface area contributed by atoms with Gasteiger partial charge in [-0.05, 0) is 73.1 Å². The van der Waals surface area contributed by atoms with E-state index in [2.05, 4.69) is 27.8 Å². The number of ether oxygens (including phenoxy) is 1. The van der Waals surface area contributed by atoms with Crippen LogP contribution < -0.4 is 21.3 Å². The summed E-state index contributed by atoms with van der Waals surface area (Å²) in [5.41, 5.74) is -1.23. The summed E-state index contributed by atoms with van der Waals surface area (Å²) < 4.78 is 3.98. The molecule has 1 saturated heterocycles. The number of hydrogen-bond donors (Lipinski definition) is 4. The summed E-state index contributed by atoms with van der Waals surface area (Å²) in [6.07, 6.45) is 6.19. The van der Waals surface area contributed by atoms with Crippen LogP contribution in [0.15, 0.2) is 12.7 Å². The molecule has 264 valence electrons. The van der Waals surface area contributed by atoms with Crippen LogP contribution in [0.25, 0.3) is 0 Å². The fraction of sp³-hybridized carbons (Fsp3) is 0.758. The van der Waals surface area contributed by atoms with Crippen molar-refractivity contribution < 1.29 is 33.5 Å². The maximum absolute atomic E-state index is 14.2. The van der Waals surface area contributed by atoms with Gasteiger partial charge in [0.1, 0.15) is 22.0 Å². The van der Waals surface area contributed by atoms with Crippen LogP contribution in [-0.4, -0.2) is 87.1 Å². The molecule has 1 aliphatic heterocycles. The normalized spacial score (nSPS) is 23.4. The molecule has 4 N–H and O–H groups in total. The Kier molecular flexibility index (Phi) is 12.8. The first kappa shape index (κ1) is 38.6. The average molecular weight is 701 g/mol. The van der Waals surface area contributed by atoms with E-state index in [1.807, 2.05) is 20.8 Å². The number of fused-ring (bicyclic) bond motifs is 1. The molecule has 5 amide bonds. The number of alkyl halides is 2. The van der Waals surface area contributed by atoms with E-state index >= 15 is 0 Å². The second kappa shape index (κ2) is 15.6. The Hall–Kier alpha value is -2.86. The Balaban J connectivity index is 1.77. The van der Waals surface area contributed by atoms with Gasteiger partial charge in [0, 0.05) is 30.5 Å². The molecule has 0 aromatic rings. The molecule has 0 aromatic carbocycles. The van der Waals surface area contributed by atoms with Crippen molar-refractivity contribution >= 4 is 58.7 Å². The molecule has 3 aliphatic rings. The smallest absolute Gasteiger partial charge is 0.315 e. The molecular formula is C33H51Cl2N5O7. The number of piperidine rings is 1. The van der Waals surface area contributed by atoms with Gasteiger partial charge in [-0.2, -0.15) is 0 Å². The fourth-order valence-corrected chi connectivity index (χ4v) is 7.23. The van der Waals surface area contributed by atoms with Crippen molar-refractivity contribution in [3.63, 3.8) is 0 Å². The molecule has 3 rings (SSSR count). The number of nitrogens with one attached hydrogen (secondary N) is 4. The molecule has 47 heavy (non-hydrogen) atoms. The van der Waals surface area contributed by atoms with Crippen LogP contribution in [0.1, 0.15) is 92.9 Å². The summed E-state index contributed by atoms with van der Waals surface area (Å²) in [5, 5.41) is 10.8. The van der Waals surface area contributed by atoms with E-state index in [1.165, 1.54) is 4.90 Å². The minimum atomic E-state index is -1.24. The zero-order chi connectivity index (χ0) is 35.3. The van der Waals surface area contributed by atoms with Crippen molar-refractivity contribution in [3.8, 4) is 0 Å². The fourth-order valence-electron chi connectivity index (χ4n) is 6.40. The number of Topliss-reactive ketones (excluding diaryl/α,β-unsaturated/α-hetero) is 1. The highest BCUT2D eigenvalue weighted by Gasteiger charge is 2.74. The molecule has 14 heteroatoms. The molecule has 2 saturated carbocycles. The molecule has 5 atom stereocenters. The summed E-state index contributed by atoms with van der Waals surface area (Å²) in [5.74, 6) is -4.58. The van der Waals surface area contributed by atoms with Crippen LogP contribution in [-0.2, 0) is 28.7 Å². The second-order valence-electron chi connectivity index (χ2n) is 14.9. The maximum atomic E-state index is 14.2. The minimum absolute atomic E-state index is 0.0778. The molecular weight excluding hydrogens is 649 g/mol. The van der Waals surface area contributed by atoms with Gasteiger partial charge in [-0.3, -0.25) is 24.0 Å². The third-order valence-electron chi connectivity index (χ3n) is 8.60. The van der Waals surface area contributed by atoms with Gasteiger partial charge in [-0.25, -0.2) is 4.79 Å². The van der Waals surface area contributed by atoms with Crippen molar-refractivity contribution in [2.45, 2.75) is 127 Å². The molecule has 2 unspecified atom stereocenters. The van der Waals surface area contributed by atoms with Crippen molar-refractivity contribution in [1.82, 2.24) is 26.2 Å². The quantitative estimate of drug-likeness (QED) is 0.0989. The predicted octanol–water partition coefficient (Wildman–Crippen LogP) is 3.53. The van der Waals surface area contributed by atoms with Gasteiger partial charge in [0.05, 0.1) is 12.5 Å². The average Bonchev–Trinajstić information content (AvgIpc) is 3.26. The number of halogens is 2. The molecule has 1 heterocycles. The number of carbonyl (C=O) groups is 6.